The summed E-state index contributed by atoms with van der Waals surface area (Å²) in [4.78, 5) is 33.5. The third kappa shape index (κ3) is 2.76. The molecule has 0 unspecified atom stereocenters. The zero-order valence-electron chi connectivity index (χ0n) is 13.0. The van der Waals surface area contributed by atoms with Crippen LogP contribution in [0.3, 0.4) is 0 Å². The maximum Gasteiger partial charge on any atom is 0.356 e. The maximum absolute atomic E-state index is 12.5. The van der Waals surface area contributed by atoms with Crippen molar-refractivity contribution in [3.63, 3.8) is 0 Å². The Kier molecular flexibility index (Phi) is 3.91. The van der Waals surface area contributed by atoms with Gasteiger partial charge in [-0.3, -0.25) is 14.4 Å². The second-order valence-electron chi connectivity index (χ2n) is 5.74. The van der Waals surface area contributed by atoms with Crippen LogP contribution in [0.15, 0.2) is 41.8 Å². The lowest BCUT2D eigenvalue weighted by molar-refractivity contribution is -0.126. The molecule has 0 spiro atoms. The van der Waals surface area contributed by atoms with Gasteiger partial charge in [-0.25, -0.2) is 9.78 Å². The Hall–Kier alpha value is -2.49. The number of fused-ring (bicyclic) bond motifs is 3. The highest BCUT2D eigenvalue weighted by atomic mass is 127. The van der Waals surface area contributed by atoms with E-state index in [1.54, 1.807) is 4.90 Å². The molecule has 0 radical (unpaired) electrons. The normalized spacial score (nSPS) is 16.5. The quantitative estimate of drug-likeness (QED) is 0.675. The molecule has 1 aromatic heterocycles. The number of nitrogens with zero attached hydrogens (tertiary/aromatic N) is 4. The fraction of sp³-hybridized carbons (Fsp3) is 0.176. The lowest BCUT2D eigenvalue weighted by Gasteiger charge is -2.31. The lowest BCUT2D eigenvalue weighted by Crippen LogP contribution is -2.36. The number of allylic oxidation sites excluding steroid dienone is 1. The molecule has 1 aromatic carbocycles. The summed E-state index contributed by atoms with van der Waals surface area (Å²) in [7, 11) is 0. The highest BCUT2D eigenvalue weighted by Crippen LogP contribution is 2.32. The third-order valence-corrected chi connectivity index (χ3v) is 5.29. The van der Waals surface area contributed by atoms with E-state index < -0.39 is 5.97 Å². The van der Waals surface area contributed by atoms with Gasteiger partial charge in [0, 0.05) is 28.0 Å². The first kappa shape index (κ1) is 16.0. The van der Waals surface area contributed by atoms with E-state index in [9.17, 15) is 9.59 Å². The number of aromatic carboxylic acids is 1. The summed E-state index contributed by atoms with van der Waals surface area (Å²) in [6, 6.07) is 6.03. The van der Waals surface area contributed by atoms with E-state index in [-0.39, 0.29) is 18.1 Å². The highest BCUT2D eigenvalue weighted by molar-refractivity contribution is 14.1. The van der Waals surface area contributed by atoms with Crippen molar-refractivity contribution >= 4 is 46.0 Å². The monoisotopic (exact) mass is 448 g/mol. The number of hydrogen-bond acceptors (Lipinski definition) is 4. The van der Waals surface area contributed by atoms with E-state index in [1.165, 1.54) is 26.2 Å². The van der Waals surface area contributed by atoms with E-state index in [1.807, 2.05) is 18.2 Å². The van der Waals surface area contributed by atoms with Crippen molar-refractivity contribution in [1.82, 2.24) is 14.5 Å². The van der Waals surface area contributed by atoms with Crippen LogP contribution in [-0.2, 0) is 11.2 Å². The summed E-state index contributed by atoms with van der Waals surface area (Å²) >= 11 is 2.31. The SMILES string of the molecule is O=C(O)c1cn(C2=NCC(=O)N3CCc4c(I)cccc4C3=C2)cn1. The first-order valence-corrected chi connectivity index (χ1v) is 8.74. The first-order valence-electron chi connectivity index (χ1n) is 7.66. The van der Waals surface area contributed by atoms with Crippen molar-refractivity contribution in [2.24, 2.45) is 4.99 Å². The van der Waals surface area contributed by atoms with Crippen LogP contribution in [0.2, 0.25) is 0 Å². The van der Waals surface area contributed by atoms with Crippen LogP contribution in [0, 0.1) is 3.57 Å². The minimum absolute atomic E-state index is 0.0230. The fourth-order valence-electron chi connectivity index (χ4n) is 3.07. The van der Waals surface area contributed by atoms with Crippen molar-refractivity contribution in [3.8, 4) is 0 Å². The van der Waals surface area contributed by atoms with Gasteiger partial charge in [-0.15, -0.1) is 0 Å². The largest absolute Gasteiger partial charge is 0.476 e. The van der Waals surface area contributed by atoms with Gasteiger partial charge >= 0.3 is 5.97 Å². The predicted molar refractivity (Wildman–Crippen MR) is 99.4 cm³/mol. The zero-order valence-corrected chi connectivity index (χ0v) is 15.2. The molecule has 0 bridgehead atoms. The molecule has 8 heteroatoms. The Morgan fingerprint density at radius 3 is 2.92 bits per heavy atom. The maximum atomic E-state index is 12.5. The number of aromatic nitrogens is 2. The number of carboxylic acids is 1. The first-order chi connectivity index (χ1) is 12.0. The van der Waals surface area contributed by atoms with Crippen molar-refractivity contribution < 1.29 is 14.7 Å². The Labute approximate surface area is 156 Å². The van der Waals surface area contributed by atoms with Gasteiger partial charge in [0.1, 0.15) is 18.7 Å². The Bertz CT molecular complexity index is 961. The fourth-order valence-corrected chi connectivity index (χ4v) is 3.84. The number of amides is 1. The van der Waals surface area contributed by atoms with E-state index in [0.29, 0.717) is 12.4 Å². The van der Waals surface area contributed by atoms with Gasteiger partial charge in [0.25, 0.3) is 0 Å². The molecular formula is C17H13IN4O3. The second kappa shape index (κ2) is 6.10. The van der Waals surface area contributed by atoms with E-state index in [0.717, 1.165) is 17.7 Å². The van der Waals surface area contributed by atoms with Crippen LogP contribution < -0.4 is 0 Å². The lowest BCUT2D eigenvalue weighted by atomic mass is 9.96. The molecule has 3 heterocycles. The Morgan fingerprint density at radius 1 is 1.32 bits per heavy atom. The average Bonchev–Trinajstić information content (AvgIpc) is 3.02. The summed E-state index contributed by atoms with van der Waals surface area (Å²) in [5.74, 6) is -0.669. The highest BCUT2D eigenvalue weighted by Gasteiger charge is 2.29. The standard InChI is InChI=1S/C17H13IN4O3/c18-12-3-1-2-11-10(12)4-5-22-14(11)6-15(19-7-16(22)23)21-8-13(17(24)25)20-9-21/h1-3,6,8-9H,4-5,7H2,(H,24,25). The average molecular weight is 448 g/mol. The van der Waals surface area contributed by atoms with Crippen molar-refractivity contribution in [2.75, 3.05) is 13.1 Å². The predicted octanol–water partition coefficient (Wildman–Crippen LogP) is 1.87. The van der Waals surface area contributed by atoms with Crippen LogP contribution in [0.1, 0.15) is 21.6 Å². The van der Waals surface area contributed by atoms with Gasteiger partial charge in [0.05, 0.1) is 5.70 Å². The number of carbonyl (C=O) groups excluding carboxylic acids is 1. The third-order valence-electron chi connectivity index (χ3n) is 4.28. The van der Waals surface area contributed by atoms with Crippen LogP contribution in [0.25, 0.3) is 5.70 Å². The molecule has 2 aliphatic heterocycles. The molecule has 0 atom stereocenters. The van der Waals surface area contributed by atoms with Crippen molar-refractivity contribution in [1.29, 1.82) is 0 Å². The summed E-state index contributed by atoms with van der Waals surface area (Å²) in [5.41, 5.74) is 2.97. The molecule has 0 fully saturated rings. The number of carboxylic acid groups (broad SMARTS) is 1. The number of imidazole rings is 1. The minimum atomic E-state index is -1.10. The van der Waals surface area contributed by atoms with E-state index in [2.05, 4.69) is 38.6 Å². The molecule has 0 aliphatic carbocycles. The molecule has 7 nitrogen and oxygen atoms in total. The van der Waals surface area contributed by atoms with Gasteiger partial charge in [-0.05, 0) is 40.6 Å². The number of halogens is 1. The zero-order chi connectivity index (χ0) is 17.6. The number of benzene rings is 1. The molecule has 1 amide bonds. The number of aliphatic imine (C=N–C) groups is 1. The van der Waals surface area contributed by atoms with Gasteiger partial charge in [-0.1, -0.05) is 12.1 Å². The van der Waals surface area contributed by atoms with E-state index in [4.69, 9.17) is 5.11 Å². The van der Waals surface area contributed by atoms with Crippen LogP contribution >= 0.6 is 22.6 Å². The molecule has 2 aliphatic rings. The number of rotatable bonds is 1. The molecule has 0 saturated carbocycles. The van der Waals surface area contributed by atoms with Gasteiger partial charge < -0.3 is 10.0 Å². The van der Waals surface area contributed by atoms with Crippen LogP contribution in [0.5, 0.6) is 0 Å². The molecule has 2 aromatic rings. The molecule has 4 rings (SSSR count). The summed E-state index contributed by atoms with van der Waals surface area (Å²) in [6.07, 6.45) is 5.43. The molecular weight excluding hydrogens is 435 g/mol. The summed E-state index contributed by atoms with van der Waals surface area (Å²) < 4.78 is 2.71. The molecule has 0 saturated heterocycles. The second-order valence-corrected chi connectivity index (χ2v) is 6.90. The Balaban J connectivity index is 1.84. The van der Waals surface area contributed by atoms with Crippen molar-refractivity contribution in [2.45, 2.75) is 6.42 Å². The van der Waals surface area contributed by atoms with E-state index >= 15 is 0 Å². The van der Waals surface area contributed by atoms with Gasteiger partial charge in [0.2, 0.25) is 5.91 Å². The Morgan fingerprint density at radius 2 is 2.16 bits per heavy atom. The van der Waals surface area contributed by atoms with Gasteiger partial charge in [0.15, 0.2) is 5.69 Å². The van der Waals surface area contributed by atoms with Crippen LogP contribution in [-0.4, -0.2) is 50.4 Å². The number of hydrogen-bond donors (Lipinski definition) is 1. The van der Waals surface area contributed by atoms with Crippen molar-refractivity contribution in [3.05, 3.63) is 57.2 Å². The molecule has 1 N–H and O–H groups in total. The molecule has 126 valence electrons. The van der Waals surface area contributed by atoms with Crippen LogP contribution in [0.4, 0.5) is 0 Å². The minimum Gasteiger partial charge on any atom is -0.476 e. The molecule has 25 heavy (non-hydrogen) atoms. The van der Waals surface area contributed by atoms with Gasteiger partial charge in [-0.2, -0.15) is 0 Å². The summed E-state index contributed by atoms with van der Waals surface area (Å²) in [6.45, 7) is 0.639. The topological polar surface area (TPSA) is 87.8 Å². The summed E-state index contributed by atoms with van der Waals surface area (Å²) in [5, 5.41) is 9.05. The smallest absolute Gasteiger partial charge is 0.356 e. The number of carbonyl (C=O) groups is 2.